The molecule has 0 aliphatic carbocycles. The van der Waals surface area contributed by atoms with Crippen molar-refractivity contribution >= 4 is 18.5 Å². The number of ether oxygens (including phenoxy) is 1. The third-order valence-electron chi connectivity index (χ3n) is 4.00. The van der Waals surface area contributed by atoms with Gasteiger partial charge in [0, 0.05) is 31.7 Å². The van der Waals surface area contributed by atoms with Crippen molar-refractivity contribution in [1.29, 1.82) is 0 Å². The second-order valence-corrected chi connectivity index (χ2v) is 5.85. The highest BCUT2D eigenvalue weighted by atomic mass is 35.5. The van der Waals surface area contributed by atoms with Crippen molar-refractivity contribution in [3.63, 3.8) is 0 Å². The van der Waals surface area contributed by atoms with Crippen LogP contribution in [-0.2, 0) is 11.3 Å². The fourth-order valence-corrected chi connectivity index (χ4v) is 2.72. The SMILES string of the molecule is CCOC(=O)N1CCN(Cc2noc(-c3cccc(C)c3)n2)CC1.Cl. The third kappa shape index (κ3) is 4.93. The maximum Gasteiger partial charge on any atom is 0.409 e. The zero-order valence-electron chi connectivity index (χ0n) is 14.5. The molecule has 136 valence electrons. The highest BCUT2D eigenvalue weighted by Crippen LogP contribution is 2.18. The molecule has 0 atom stereocenters. The Balaban J connectivity index is 0.00000225. The summed E-state index contributed by atoms with van der Waals surface area (Å²) in [4.78, 5) is 20.1. The lowest BCUT2D eigenvalue weighted by Gasteiger charge is -2.33. The molecule has 0 spiro atoms. The Kier molecular flexibility index (Phi) is 6.78. The lowest BCUT2D eigenvalue weighted by atomic mass is 10.1. The lowest BCUT2D eigenvalue weighted by Crippen LogP contribution is -2.48. The monoisotopic (exact) mass is 366 g/mol. The number of aryl methyl sites for hydroxylation is 1. The van der Waals surface area contributed by atoms with Gasteiger partial charge >= 0.3 is 6.09 Å². The summed E-state index contributed by atoms with van der Waals surface area (Å²) in [5.74, 6) is 1.20. The summed E-state index contributed by atoms with van der Waals surface area (Å²) in [6, 6.07) is 7.99. The molecular weight excluding hydrogens is 344 g/mol. The normalized spacial score (nSPS) is 14.9. The van der Waals surface area contributed by atoms with E-state index in [0.717, 1.165) is 24.2 Å². The molecule has 1 aliphatic heterocycles. The largest absolute Gasteiger partial charge is 0.450 e. The third-order valence-corrected chi connectivity index (χ3v) is 4.00. The molecule has 1 aromatic carbocycles. The van der Waals surface area contributed by atoms with Crippen LogP contribution in [0.5, 0.6) is 0 Å². The van der Waals surface area contributed by atoms with Crippen molar-refractivity contribution in [3.8, 4) is 11.5 Å². The molecule has 1 amide bonds. The molecule has 0 N–H and O–H groups in total. The van der Waals surface area contributed by atoms with Gasteiger partial charge in [0.05, 0.1) is 13.2 Å². The number of rotatable bonds is 4. The van der Waals surface area contributed by atoms with Crippen LogP contribution in [0.2, 0.25) is 0 Å². The Labute approximate surface area is 153 Å². The molecule has 0 saturated carbocycles. The van der Waals surface area contributed by atoms with Gasteiger partial charge in [-0.1, -0.05) is 22.9 Å². The van der Waals surface area contributed by atoms with Gasteiger partial charge < -0.3 is 14.2 Å². The van der Waals surface area contributed by atoms with E-state index in [4.69, 9.17) is 9.26 Å². The van der Waals surface area contributed by atoms with Gasteiger partial charge in [-0.05, 0) is 26.0 Å². The Bertz CT molecular complexity index is 699. The van der Waals surface area contributed by atoms with E-state index in [1.165, 1.54) is 0 Å². The van der Waals surface area contributed by atoms with Crippen molar-refractivity contribution in [2.45, 2.75) is 20.4 Å². The summed E-state index contributed by atoms with van der Waals surface area (Å²) in [7, 11) is 0. The van der Waals surface area contributed by atoms with Gasteiger partial charge in [0.1, 0.15) is 0 Å². The summed E-state index contributed by atoms with van der Waals surface area (Å²) in [6.45, 7) is 7.72. The Morgan fingerprint density at radius 2 is 2.04 bits per heavy atom. The highest BCUT2D eigenvalue weighted by molar-refractivity contribution is 5.85. The average molecular weight is 367 g/mol. The second kappa shape index (κ2) is 8.82. The highest BCUT2D eigenvalue weighted by Gasteiger charge is 2.23. The first-order valence-electron chi connectivity index (χ1n) is 8.19. The molecule has 25 heavy (non-hydrogen) atoms. The van der Waals surface area contributed by atoms with Crippen LogP contribution in [0, 0.1) is 6.92 Å². The average Bonchev–Trinajstić information content (AvgIpc) is 3.04. The topological polar surface area (TPSA) is 71.7 Å². The van der Waals surface area contributed by atoms with Crippen molar-refractivity contribution in [2.24, 2.45) is 0 Å². The standard InChI is InChI=1S/C17H22N4O3.ClH/c1-3-23-17(22)21-9-7-20(8-10-21)12-15-18-16(24-19-15)14-6-4-5-13(2)11-14;/h4-6,11H,3,7-10,12H2,1-2H3;1H. The quantitative estimate of drug-likeness (QED) is 0.828. The fraction of sp³-hybridized carbons (Fsp3) is 0.471. The molecular formula is C17H23ClN4O3. The van der Waals surface area contributed by atoms with Crippen molar-refractivity contribution in [2.75, 3.05) is 32.8 Å². The van der Waals surface area contributed by atoms with Gasteiger partial charge in [-0.15, -0.1) is 12.4 Å². The molecule has 1 aliphatic rings. The molecule has 2 aromatic rings. The number of aromatic nitrogens is 2. The summed E-state index contributed by atoms with van der Waals surface area (Å²) < 4.78 is 10.4. The maximum atomic E-state index is 11.7. The number of hydrogen-bond donors (Lipinski definition) is 0. The number of carbonyl (C=O) groups excluding carboxylic acids is 1. The lowest BCUT2D eigenvalue weighted by molar-refractivity contribution is 0.0769. The predicted molar refractivity (Wildman–Crippen MR) is 95.6 cm³/mol. The van der Waals surface area contributed by atoms with Crippen LogP contribution in [0.25, 0.3) is 11.5 Å². The molecule has 1 aromatic heterocycles. The van der Waals surface area contributed by atoms with Crippen LogP contribution in [0.4, 0.5) is 4.79 Å². The van der Waals surface area contributed by atoms with E-state index < -0.39 is 0 Å². The van der Waals surface area contributed by atoms with Gasteiger partial charge in [0.25, 0.3) is 5.89 Å². The van der Waals surface area contributed by atoms with Crippen molar-refractivity contribution in [1.82, 2.24) is 19.9 Å². The number of carbonyl (C=O) groups is 1. The van der Waals surface area contributed by atoms with Crippen LogP contribution in [0.1, 0.15) is 18.3 Å². The molecule has 1 saturated heterocycles. The van der Waals surface area contributed by atoms with E-state index in [1.54, 1.807) is 4.90 Å². The molecule has 8 heteroatoms. The first-order valence-corrected chi connectivity index (χ1v) is 8.19. The van der Waals surface area contributed by atoms with Crippen molar-refractivity contribution in [3.05, 3.63) is 35.7 Å². The van der Waals surface area contributed by atoms with Crippen LogP contribution < -0.4 is 0 Å². The van der Waals surface area contributed by atoms with E-state index in [0.29, 0.717) is 38.0 Å². The van der Waals surface area contributed by atoms with Crippen LogP contribution in [0.3, 0.4) is 0 Å². The number of nitrogens with zero attached hydrogens (tertiary/aromatic N) is 4. The predicted octanol–water partition coefficient (Wildman–Crippen LogP) is 2.74. The molecule has 0 radical (unpaired) electrons. The molecule has 3 rings (SSSR count). The van der Waals surface area contributed by atoms with E-state index in [9.17, 15) is 4.79 Å². The minimum atomic E-state index is -0.238. The molecule has 1 fully saturated rings. The van der Waals surface area contributed by atoms with Gasteiger partial charge in [0.15, 0.2) is 5.82 Å². The number of benzene rings is 1. The second-order valence-electron chi connectivity index (χ2n) is 5.85. The van der Waals surface area contributed by atoms with Gasteiger partial charge in [-0.25, -0.2) is 4.79 Å². The molecule has 7 nitrogen and oxygen atoms in total. The van der Waals surface area contributed by atoms with Crippen molar-refractivity contribution < 1.29 is 14.1 Å². The van der Waals surface area contributed by atoms with Gasteiger partial charge in [0.2, 0.25) is 0 Å². The van der Waals surface area contributed by atoms with E-state index in [2.05, 4.69) is 15.0 Å². The smallest absolute Gasteiger partial charge is 0.409 e. The fourth-order valence-electron chi connectivity index (χ4n) is 2.72. The van der Waals surface area contributed by atoms with Gasteiger partial charge in [-0.3, -0.25) is 4.90 Å². The first-order chi connectivity index (χ1) is 11.7. The summed E-state index contributed by atoms with van der Waals surface area (Å²) >= 11 is 0. The Hall–Kier alpha value is -2.12. The number of piperazine rings is 1. The molecule has 0 bridgehead atoms. The van der Waals surface area contributed by atoms with Crippen LogP contribution in [-0.4, -0.2) is 58.8 Å². The Morgan fingerprint density at radius 1 is 1.28 bits per heavy atom. The first kappa shape index (κ1) is 19.2. The minimum Gasteiger partial charge on any atom is -0.450 e. The minimum absolute atomic E-state index is 0. The molecule has 2 heterocycles. The van der Waals surface area contributed by atoms with E-state index >= 15 is 0 Å². The summed E-state index contributed by atoms with van der Waals surface area (Å²) in [6.07, 6.45) is -0.238. The van der Waals surface area contributed by atoms with E-state index in [-0.39, 0.29) is 18.5 Å². The number of hydrogen-bond acceptors (Lipinski definition) is 6. The summed E-state index contributed by atoms with van der Waals surface area (Å²) in [5.41, 5.74) is 2.09. The zero-order valence-corrected chi connectivity index (χ0v) is 15.3. The van der Waals surface area contributed by atoms with Crippen LogP contribution in [0.15, 0.2) is 28.8 Å². The summed E-state index contributed by atoms with van der Waals surface area (Å²) in [5, 5.41) is 4.07. The maximum absolute atomic E-state index is 11.7. The van der Waals surface area contributed by atoms with E-state index in [1.807, 2.05) is 38.1 Å². The van der Waals surface area contributed by atoms with Gasteiger partial charge in [-0.2, -0.15) is 4.98 Å². The molecule has 0 unspecified atom stereocenters. The number of amides is 1. The number of halogens is 1. The Morgan fingerprint density at radius 3 is 2.72 bits per heavy atom. The zero-order chi connectivity index (χ0) is 16.9. The van der Waals surface area contributed by atoms with Crippen LogP contribution >= 0.6 is 12.4 Å².